The number of amides is 1. The Hall–Kier alpha value is -1.42. The predicted octanol–water partition coefficient (Wildman–Crippen LogP) is 5.46. The van der Waals surface area contributed by atoms with Crippen molar-refractivity contribution in [1.82, 2.24) is 4.98 Å². The van der Waals surface area contributed by atoms with Crippen LogP contribution < -0.4 is 5.32 Å². The summed E-state index contributed by atoms with van der Waals surface area (Å²) in [5, 5.41) is 16.6. The molecule has 0 saturated heterocycles. The molecule has 3 saturated carbocycles. The summed E-state index contributed by atoms with van der Waals surface area (Å²) < 4.78 is 6.27. The number of aliphatic hydroxyl groups excluding tert-OH is 1. The zero-order valence-corrected chi connectivity index (χ0v) is 25.0. The minimum atomic E-state index is -0.680. The molecule has 3 aliphatic rings. The van der Waals surface area contributed by atoms with E-state index in [1.807, 2.05) is 18.4 Å². The summed E-state index contributed by atoms with van der Waals surface area (Å²) in [5.41, 5.74) is -0.698. The molecule has 0 spiro atoms. The SMILES string of the molecule is C=C[C@]1(C)C[C@@H](OC(=O)CSCc2csc(NC(=O)CCl)n2)[C@]2(C)[C@H](C)CC[C@]3(CCC(=O)[C@H]32)[C@@H](C)[C@@H]1O. The standard InChI is InChI=1S/C28H39ClN2O5S2/c1-6-26(4)11-20(36-22(34)15-37-13-18-14-38-25(30-18)31-21(33)12-29)27(5)16(2)7-9-28(17(3)24(26)35)10-8-19(32)23(27)28/h6,14,16-17,20,23-24,35H,1,7-13,15H2,2-5H3,(H,30,31,33)/t16-,17+,20-,23+,24+,26-,27+,28+/m1/s1. The van der Waals surface area contributed by atoms with Crippen LogP contribution in [0.3, 0.4) is 0 Å². The quantitative estimate of drug-likeness (QED) is 0.238. The predicted molar refractivity (Wildman–Crippen MR) is 152 cm³/mol. The maximum Gasteiger partial charge on any atom is 0.316 e. The monoisotopic (exact) mass is 582 g/mol. The third-order valence-electron chi connectivity index (χ3n) is 9.96. The van der Waals surface area contributed by atoms with E-state index in [-0.39, 0.29) is 52.5 Å². The first-order valence-electron chi connectivity index (χ1n) is 13.3. The first-order valence-corrected chi connectivity index (χ1v) is 15.9. The molecule has 8 atom stereocenters. The molecule has 1 heterocycles. The van der Waals surface area contributed by atoms with Crippen molar-refractivity contribution in [2.45, 2.75) is 77.8 Å². The van der Waals surface area contributed by atoms with Crippen LogP contribution in [0.5, 0.6) is 0 Å². The van der Waals surface area contributed by atoms with Crippen LogP contribution in [0.1, 0.15) is 65.5 Å². The average Bonchev–Trinajstić information content (AvgIpc) is 3.48. The van der Waals surface area contributed by atoms with E-state index in [4.69, 9.17) is 16.3 Å². The number of halogens is 1. The van der Waals surface area contributed by atoms with E-state index < -0.39 is 23.0 Å². The van der Waals surface area contributed by atoms with Gasteiger partial charge in [-0.1, -0.05) is 33.8 Å². The summed E-state index contributed by atoms with van der Waals surface area (Å²) in [4.78, 5) is 42.5. The molecule has 38 heavy (non-hydrogen) atoms. The average molecular weight is 583 g/mol. The number of rotatable bonds is 8. The number of carbonyl (C=O) groups is 3. The largest absolute Gasteiger partial charge is 0.461 e. The summed E-state index contributed by atoms with van der Waals surface area (Å²) in [7, 11) is 0. The number of ether oxygens (including phenoxy) is 1. The summed E-state index contributed by atoms with van der Waals surface area (Å²) in [6, 6.07) is 0. The van der Waals surface area contributed by atoms with Gasteiger partial charge in [0.25, 0.3) is 0 Å². The smallest absolute Gasteiger partial charge is 0.316 e. The molecule has 3 fully saturated rings. The molecule has 10 heteroatoms. The highest BCUT2D eigenvalue weighted by molar-refractivity contribution is 7.99. The Bertz CT molecular complexity index is 1100. The van der Waals surface area contributed by atoms with Gasteiger partial charge in [-0.25, -0.2) is 4.98 Å². The maximum atomic E-state index is 13.5. The van der Waals surface area contributed by atoms with E-state index >= 15 is 0 Å². The molecule has 210 valence electrons. The van der Waals surface area contributed by atoms with Crippen molar-refractivity contribution >= 4 is 57.5 Å². The highest BCUT2D eigenvalue weighted by Gasteiger charge is 2.68. The molecule has 3 aliphatic carbocycles. The number of hydrogen-bond donors (Lipinski definition) is 2. The van der Waals surface area contributed by atoms with Crippen LogP contribution in [-0.4, -0.2) is 51.6 Å². The summed E-state index contributed by atoms with van der Waals surface area (Å²) in [6.45, 7) is 12.5. The lowest BCUT2D eigenvalue weighted by molar-refractivity contribution is -0.205. The van der Waals surface area contributed by atoms with Crippen LogP contribution in [0.25, 0.3) is 0 Å². The Morgan fingerprint density at radius 1 is 1.37 bits per heavy atom. The van der Waals surface area contributed by atoms with E-state index in [1.54, 1.807) is 0 Å². The van der Waals surface area contributed by atoms with Crippen LogP contribution in [-0.2, 0) is 24.9 Å². The van der Waals surface area contributed by atoms with Gasteiger partial charge in [-0.15, -0.1) is 41.3 Å². The van der Waals surface area contributed by atoms with Gasteiger partial charge in [0.1, 0.15) is 17.8 Å². The molecule has 2 bridgehead atoms. The highest BCUT2D eigenvalue weighted by atomic mass is 35.5. The number of alkyl halides is 1. The minimum Gasteiger partial charge on any atom is -0.461 e. The Labute approximate surface area is 238 Å². The van der Waals surface area contributed by atoms with E-state index in [2.05, 4.69) is 37.7 Å². The van der Waals surface area contributed by atoms with Gasteiger partial charge < -0.3 is 15.2 Å². The highest BCUT2D eigenvalue weighted by Crippen LogP contribution is 2.68. The topological polar surface area (TPSA) is 106 Å². The Kier molecular flexibility index (Phi) is 8.73. The summed E-state index contributed by atoms with van der Waals surface area (Å²) in [5.74, 6) is -0.0147. The number of nitrogens with zero attached hydrogens (tertiary/aromatic N) is 1. The fraction of sp³-hybridized carbons (Fsp3) is 0.714. The van der Waals surface area contributed by atoms with Crippen molar-refractivity contribution < 1.29 is 24.2 Å². The lowest BCUT2D eigenvalue weighted by Crippen LogP contribution is -2.63. The molecular weight excluding hydrogens is 544 g/mol. The van der Waals surface area contributed by atoms with Gasteiger partial charge in [-0.3, -0.25) is 14.4 Å². The van der Waals surface area contributed by atoms with Crippen molar-refractivity contribution in [3.8, 4) is 0 Å². The third-order valence-corrected chi connectivity index (χ3v) is 12.0. The molecule has 7 nitrogen and oxygen atoms in total. The minimum absolute atomic E-state index is 0.0572. The Balaban J connectivity index is 1.53. The second kappa shape index (κ2) is 11.2. The third kappa shape index (κ3) is 5.08. The number of nitrogens with one attached hydrogen (secondary N) is 1. The number of ketones is 1. The van der Waals surface area contributed by atoms with Crippen LogP contribution in [0.4, 0.5) is 5.13 Å². The molecular formula is C28H39ClN2O5S2. The number of thiazole rings is 1. The first-order chi connectivity index (χ1) is 17.9. The second-order valence-corrected chi connectivity index (χ2v) is 14.0. The fourth-order valence-electron chi connectivity index (χ4n) is 7.52. The van der Waals surface area contributed by atoms with E-state index in [0.29, 0.717) is 23.7 Å². The van der Waals surface area contributed by atoms with E-state index in [1.165, 1.54) is 23.1 Å². The van der Waals surface area contributed by atoms with Crippen molar-refractivity contribution in [2.24, 2.45) is 34.0 Å². The summed E-state index contributed by atoms with van der Waals surface area (Å²) in [6.07, 6.45) is 4.19. The lowest BCUT2D eigenvalue weighted by Gasteiger charge is -2.61. The van der Waals surface area contributed by atoms with Gasteiger partial charge in [0.2, 0.25) is 5.91 Å². The molecule has 0 radical (unpaired) electrons. The zero-order chi connectivity index (χ0) is 27.9. The van der Waals surface area contributed by atoms with E-state index in [9.17, 15) is 19.5 Å². The van der Waals surface area contributed by atoms with Crippen LogP contribution in [0.2, 0.25) is 0 Å². The number of carbonyl (C=O) groups excluding carboxylic acids is 3. The van der Waals surface area contributed by atoms with Gasteiger partial charge in [0.05, 0.1) is 17.6 Å². The van der Waals surface area contributed by atoms with Gasteiger partial charge in [0.15, 0.2) is 5.13 Å². The molecule has 1 amide bonds. The molecule has 0 aromatic carbocycles. The summed E-state index contributed by atoms with van der Waals surface area (Å²) >= 11 is 8.23. The van der Waals surface area contributed by atoms with Crippen molar-refractivity contribution in [2.75, 3.05) is 16.9 Å². The zero-order valence-electron chi connectivity index (χ0n) is 22.6. The van der Waals surface area contributed by atoms with Crippen molar-refractivity contribution in [3.05, 3.63) is 23.7 Å². The molecule has 4 rings (SSSR count). The van der Waals surface area contributed by atoms with Crippen LogP contribution >= 0.6 is 34.7 Å². The van der Waals surface area contributed by atoms with Crippen molar-refractivity contribution in [3.63, 3.8) is 0 Å². The van der Waals surface area contributed by atoms with Crippen LogP contribution in [0, 0.1) is 34.0 Å². The number of thioether (sulfide) groups is 1. The van der Waals surface area contributed by atoms with Gasteiger partial charge in [-0.05, 0) is 42.9 Å². The normalized spacial score (nSPS) is 38.6. The number of aliphatic hydroxyl groups is 1. The van der Waals surface area contributed by atoms with Gasteiger partial charge >= 0.3 is 5.97 Å². The maximum absolute atomic E-state index is 13.5. The molecule has 0 unspecified atom stereocenters. The lowest BCUT2D eigenvalue weighted by atomic mass is 9.44. The number of aromatic nitrogens is 1. The fourth-order valence-corrected chi connectivity index (χ4v) is 9.11. The van der Waals surface area contributed by atoms with Gasteiger partial charge in [-0.2, -0.15) is 0 Å². The first kappa shape index (κ1) is 29.6. The van der Waals surface area contributed by atoms with E-state index in [0.717, 1.165) is 25.0 Å². The number of Topliss-reactive ketones (excluding diaryl/α,β-unsaturated/α-hetero) is 1. The van der Waals surface area contributed by atoms with Gasteiger partial charge in [0, 0.05) is 34.3 Å². The molecule has 2 N–H and O–H groups in total. The second-order valence-electron chi connectivity index (χ2n) is 11.9. The van der Waals surface area contributed by atoms with Crippen molar-refractivity contribution in [1.29, 1.82) is 0 Å². The van der Waals surface area contributed by atoms with Crippen LogP contribution in [0.15, 0.2) is 18.0 Å². The number of esters is 1. The molecule has 0 aliphatic heterocycles. The molecule has 1 aromatic heterocycles. The molecule has 1 aromatic rings. The number of anilines is 1. The Morgan fingerprint density at radius 2 is 2.11 bits per heavy atom. The Morgan fingerprint density at radius 3 is 2.79 bits per heavy atom. The number of hydrogen-bond acceptors (Lipinski definition) is 8.